The Balaban J connectivity index is 1.35. The molecule has 5 rings (SSSR count). The average molecular weight is 659 g/mol. The zero-order valence-corrected chi connectivity index (χ0v) is 27.9. The van der Waals surface area contributed by atoms with Crippen molar-refractivity contribution in [3.63, 3.8) is 0 Å². The Bertz CT molecular complexity index is 1320. The molecule has 2 N–H and O–H groups in total. The maximum absolute atomic E-state index is 14.4. The first-order chi connectivity index (χ1) is 22.4. The van der Waals surface area contributed by atoms with Gasteiger partial charge in [-0.1, -0.05) is 46.2 Å². The Labute approximate surface area is 276 Å². The number of fused-ring (bicyclic) bond motifs is 1. The second kappa shape index (κ2) is 14.8. The number of ether oxygens (including phenoxy) is 2. The number of hydrogen-bond donors (Lipinski definition) is 2. The summed E-state index contributed by atoms with van der Waals surface area (Å²) in [6.45, 7) is 8.01. The number of amides is 4. The number of likely N-dealkylation sites (tertiary alicyclic amines) is 1. The third kappa shape index (κ3) is 8.02. The molecule has 1 aliphatic carbocycles. The van der Waals surface area contributed by atoms with Crippen LogP contribution in [-0.4, -0.2) is 94.9 Å². The van der Waals surface area contributed by atoms with Gasteiger partial charge in [-0.05, 0) is 61.5 Å². The number of hydrogen-bond acceptors (Lipinski definition) is 8. The molecule has 1 saturated carbocycles. The smallest absolute Gasteiger partial charge is 0.410 e. The number of hydroxylamine groups is 2. The minimum Gasteiger partial charge on any atom is -0.446 e. The summed E-state index contributed by atoms with van der Waals surface area (Å²) in [5, 5.41) is 14.8. The minimum absolute atomic E-state index is 0.00262. The molecule has 3 aliphatic heterocycles. The van der Waals surface area contributed by atoms with Crippen LogP contribution >= 0.6 is 0 Å². The highest BCUT2D eigenvalue weighted by Gasteiger charge is 2.49. The van der Waals surface area contributed by atoms with E-state index in [4.69, 9.17) is 14.1 Å². The topological polar surface area (TPSA) is 138 Å². The van der Waals surface area contributed by atoms with E-state index >= 15 is 0 Å². The predicted octanol–water partition coefficient (Wildman–Crippen LogP) is 4.06. The second-order valence-corrected chi connectivity index (χ2v) is 14.4. The summed E-state index contributed by atoms with van der Waals surface area (Å²) in [6.07, 6.45) is 3.22. The molecule has 14 heteroatoms. The van der Waals surface area contributed by atoms with Gasteiger partial charge in [0, 0.05) is 25.1 Å². The largest absolute Gasteiger partial charge is 0.446 e. The number of nitrogens with one attached hydrogen (secondary N) is 1. The summed E-state index contributed by atoms with van der Waals surface area (Å²) in [4.78, 5) is 57.3. The zero-order valence-electron chi connectivity index (χ0n) is 27.9. The molecule has 0 radical (unpaired) electrons. The van der Waals surface area contributed by atoms with Crippen molar-refractivity contribution in [1.82, 2.24) is 20.2 Å². The van der Waals surface area contributed by atoms with Crippen molar-refractivity contribution in [2.75, 3.05) is 13.2 Å². The van der Waals surface area contributed by atoms with Crippen LogP contribution in [0.25, 0.3) is 0 Å². The average Bonchev–Trinajstić information content (AvgIpc) is 3.76. The van der Waals surface area contributed by atoms with Crippen molar-refractivity contribution in [3.05, 3.63) is 35.1 Å². The van der Waals surface area contributed by atoms with Gasteiger partial charge in [0.2, 0.25) is 5.91 Å². The van der Waals surface area contributed by atoms with Gasteiger partial charge in [0.05, 0.1) is 19.0 Å². The minimum atomic E-state index is -1.17. The second-order valence-electron chi connectivity index (χ2n) is 14.4. The summed E-state index contributed by atoms with van der Waals surface area (Å²) < 4.78 is 31.5. The van der Waals surface area contributed by atoms with E-state index in [2.05, 4.69) is 5.32 Å². The van der Waals surface area contributed by atoms with Gasteiger partial charge in [0.25, 0.3) is 5.91 Å². The third-order valence-electron chi connectivity index (χ3n) is 9.99. The maximum Gasteiger partial charge on any atom is 0.410 e. The Morgan fingerprint density at radius 2 is 1.85 bits per heavy atom. The molecule has 1 aromatic carbocycles. The molecule has 0 spiro atoms. The lowest BCUT2D eigenvalue weighted by Gasteiger charge is -2.37. The normalized spacial score (nSPS) is 25.4. The molecule has 3 fully saturated rings. The number of alkyl carbamates (subject to hydrolysis) is 1. The number of halogens is 1. The van der Waals surface area contributed by atoms with Crippen LogP contribution in [0.15, 0.2) is 18.2 Å². The standard InChI is InChI=1S/C33H48BFN4O8/c1-5-20-11-9-15-45-34-28(20)39(44)29(40)26-16-23(47-32(43)37-17-21-10-8-14-25(35)24(21)19-37)18-38(26)30(41)27(33(2,3)4)36-31(42)46-22-12-6-7-13-22/h8,10,14,20,22-23,26-28,34,44H,5-7,9,11-13,15-19H2,1-4H3,(H,36,42)/t20?,23?,26?,27?,28-/m0/s1. The van der Waals surface area contributed by atoms with E-state index < -0.39 is 59.4 Å². The Kier molecular flexibility index (Phi) is 11.0. The molecule has 0 aromatic heterocycles. The third-order valence-corrected chi connectivity index (χ3v) is 9.99. The molecule has 4 aliphatic rings. The quantitative estimate of drug-likeness (QED) is 0.254. The van der Waals surface area contributed by atoms with Crippen LogP contribution in [0.3, 0.4) is 0 Å². The summed E-state index contributed by atoms with van der Waals surface area (Å²) in [5.74, 6) is -2.26. The molecule has 0 bridgehead atoms. The first-order valence-electron chi connectivity index (χ1n) is 17.0. The SMILES string of the molecule is CCC1CCCOB[C@H]1N(O)C(=O)C1CC(OC(=O)N2Cc3cccc(F)c3C2)CN1C(=O)C(NC(=O)OC1CCCC1)C(C)(C)C. The van der Waals surface area contributed by atoms with Gasteiger partial charge in [-0.2, -0.15) is 0 Å². The van der Waals surface area contributed by atoms with E-state index in [9.17, 15) is 28.8 Å². The van der Waals surface area contributed by atoms with Crippen LogP contribution in [0, 0.1) is 17.2 Å². The lowest BCUT2D eigenvalue weighted by atomic mass is 9.75. The fraction of sp³-hybridized carbons (Fsp3) is 0.697. The van der Waals surface area contributed by atoms with E-state index in [1.807, 2.05) is 6.92 Å². The molecule has 3 heterocycles. The lowest BCUT2D eigenvalue weighted by molar-refractivity contribution is -0.180. The number of rotatable bonds is 7. The summed E-state index contributed by atoms with van der Waals surface area (Å²) in [5.41, 5.74) is 0.339. The van der Waals surface area contributed by atoms with Crippen LogP contribution < -0.4 is 5.32 Å². The van der Waals surface area contributed by atoms with Gasteiger partial charge in [0.15, 0.2) is 0 Å². The first kappa shape index (κ1) is 34.9. The Morgan fingerprint density at radius 3 is 2.53 bits per heavy atom. The molecule has 4 unspecified atom stereocenters. The molecular weight excluding hydrogens is 610 g/mol. The Hall–Kier alpha value is -3.39. The molecule has 5 atom stereocenters. The van der Waals surface area contributed by atoms with Gasteiger partial charge in [-0.3, -0.25) is 19.7 Å². The van der Waals surface area contributed by atoms with Gasteiger partial charge in [-0.15, -0.1) is 0 Å². The highest BCUT2D eigenvalue weighted by molar-refractivity contribution is 6.30. The fourth-order valence-corrected chi connectivity index (χ4v) is 7.25. The van der Waals surface area contributed by atoms with Crippen molar-refractivity contribution in [1.29, 1.82) is 0 Å². The van der Waals surface area contributed by atoms with Gasteiger partial charge < -0.3 is 24.3 Å². The molecule has 12 nitrogen and oxygen atoms in total. The van der Waals surface area contributed by atoms with Gasteiger partial charge >= 0.3 is 19.7 Å². The molecule has 4 amide bonds. The number of carbonyl (C=O) groups is 4. The fourth-order valence-electron chi connectivity index (χ4n) is 7.25. The lowest BCUT2D eigenvalue weighted by Crippen LogP contribution is -2.59. The van der Waals surface area contributed by atoms with E-state index in [-0.39, 0.29) is 45.6 Å². The summed E-state index contributed by atoms with van der Waals surface area (Å²) >= 11 is 0. The van der Waals surface area contributed by atoms with Crippen molar-refractivity contribution in [2.45, 2.75) is 122 Å². The van der Waals surface area contributed by atoms with Crippen molar-refractivity contribution in [3.8, 4) is 0 Å². The van der Waals surface area contributed by atoms with Gasteiger partial charge in [0.1, 0.15) is 30.1 Å². The maximum atomic E-state index is 14.4. The van der Waals surface area contributed by atoms with Crippen molar-refractivity contribution >= 4 is 31.5 Å². The summed E-state index contributed by atoms with van der Waals surface area (Å²) in [6, 6.07) is 2.44. The number of carbonyl (C=O) groups excluding carboxylic acids is 4. The van der Waals surface area contributed by atoms with Gasteiger partial charge in [-0.25, -0.2) is 19.0 Å². The van der Waals surface area contributed by atoms with Crippen molar-refractivity contribution in [2.24, 2.45) is 11.3 Å². The highest BCUT2D eigenvalue weighted by atomic mass is 19.1. The predicted molar refractivity (Wildman–Crippen MR) is 170 cm³/mol. The highest BCUT2D eigenvalue weighted by Crippen LogP contribution is 2.32. The van der Waals surface area contributed by atoms with Crippen LogP contribution in [0.1, 0.15) is 90.2 Å². The number of nitrogens with zero attached hydrogens (tertiary/aromatic N) is 3. The van der Waals surface area contributed by atoms with Crippen molar-refractivity contribution < 1.29 is 42.9 Å². The number of benzene rings is 1. The van der Waals surface area contributed by atoms with E-state index in [0.717, 1.165) is 44.9 Å². The van der Waals surface area contributed by atoms with E-state index in [0.29, 0.717) is 22.8 Å². The monoisotopic (exact) mass is 658 g/mol. The van der Waals surface area contributed by atoms with Crippen LogP contribution in [0.2, 0.25) is 0 Å². The zero-order chi connectivity index (χ0) is 33.9. The molecule has 47 heavy (non-hydrogen) atoms. The van der Waals surface area contributed by atoms with E-state index in [1.54, 1.807) is 32.9 Å². The first-order valence-corrected chi connectivity index (χ1v) is 17.0. The van der Waals surface area contributed by atoms with Crippen LogP contribution in [0.4, 0.5) is 14.0 Å². The molecular formula is C33H48BFN4O8. The molecule has 2 saturated heterocycles. The molecule has 1 aromatic rings. The molecule has 258 valence electrons. The van der Waals surface area contributed by atoms with Crippen LogP contribution in [-0.2, 0) is 36.8 Å². The van der Waals surface area contributed by atoms with Crippen LogP contribution in [0.5, 0.6) is 0 Å². The Morgan fingerprint density at radius 1 is 1.11 bits per heavy atom. The summed E-state index contributed by atoms with van der Waals surface area (Å²) in [7, 11) is 0.158. The van der Waals surface area contributed by atoms with E-state index in [1.165, 1.54) is 15.9 Å².